The average Bonchev–Trinajstić information content (AvgIpc) is 2.37. The summed E-state index contributed by atoms with van der Waals surface area (Å²) in [5.74, 6) is 0.159. The lowest BCUT2D eigenvalue weighted by atomic mass is 10.1. The van der Waals surface area contributed by atoms with Gasteiger partial charge in [-0.2, -0.15) is 0 Å². The van der Waals surface area contributed by atoms with Gasteiger partial charge in [0.15, 0.2) is 0 Å². The molecule has 1 atom stereocenters. The fourth-order valence-corrected chi connectivity index (χ4v) is 2.20. The van der Waals surface area contributed by atoms with E-state index in [9.17, 15) is 4.79 Å². The first-order valence-electron chi connectivity index (χ1n) is 7.16. The van der Waals surface area contributed by atoms with Gasteiger partial charge in [-0.1, -0.05) is 37.6 Å². The summed E-state index contributed by atoms with van der Waals surface area (Å²) in [4.78, 5) is 14.1. The van der Waals surface area contributed by atoms with Gasteiger partial charge in [0, 0.05) is 25.6 Å². The van der Waals surface area contributed by atoms with Crippen molar-refractivity contribution in [3.05, 3.63) is 35.4 Å². The minimum absolute atomic E-state index is 0.0107. The molecule has 0 bridgehead atoms. The molecule has 0 aromatic heterocycles. The summed E-state index contributed by atoms with van der Waals surface area (Å²) in [5, 5.41) is 0. The third-order valence-electron chi connectivity index (χ3n) is 3.45. The highest BCUT2D eigenvalue weighted by Crippen LogP contribution is 2.12. The van der Waals surface area contributed by atoms with Gasteiger partial charge >= 0.3 is 0 Å². The summed E-state index contributed by atoms with van der Waals surface area (Å²) in [6.45, 7) is 7.60. The van der Waals surface area contributed by atoms with Crippen LogP contribution in [0.4, 0.5) is 0 Å². The van der Waals surface area contributed by atoms with Crippen LogP contribution in [0.1, 0.15) is 44.2 Å². The van der Waals surface area contributed by atoms with Crippen molar-refractivity contribution in [1.82, 2.24) is 4.90 Å². The summed E-state index contributed by atoms with van der Waals surface area (Å²) in [5.41, 5.74) is 8.39. The molecule has 0 heterocycles. The first-order chi connectivity index (χ1) is 9.08. The van der Waals surface area contributed by atoms with E-state index in [1.54, 1.807) is 0 Å². The van der Waals surface area contributed by atoms with Gasteiger partial charge in [-0.15, -0.1) is 0 Å². The van der Waals surface area contributed by atoms with Crippen LogP contribution in [0.3, 0.4) is 0 Å². The largest absolute Gasteiger partial charge is 0.339 e. The quantitative estimate of drug-likeness (QED) is 0.821. The number of carbonyl (C=O) groups excluding carboxylic acids is 1. The maximum atomic E-state index is 12.2. The molecule has 0 spiro atoms. The molecule has 0 radical (unpaired) electrons. The lowest BCUT2D eigenvalue weighted by molar-refractivity contribution is -0.132. The second-order valence-corrected chi connectivity index (χ2v) is 5.09. The van der Waals surface area contributed by atoms with Gasteiger partial charge in [0.05, 0.1) is 0 Å². The van der Waals surface area contributed by atoms with Crippen molar-refractivity contribution >= 4 is 5.91 Å². The van der Waals surface area contributed by atoms with Crippen molar-refractivity contribution in [2.45, 2.75) is 52.6 Å². The highest BCUT2D eigenvalue weighted by molar-refractivity contribution is 5.76. The molecule has 1 amide bonds. The van der Waals surface area contributed by atoms with E-state index in [2.05, 4.69) is 26.0 Å². The smallest absolute Gasteiger partial charge is 0.224 e. The van der Waals surface area contributed by atoms with Crippen molar-refractivity contribution < 1.29 is 4.79 Å². The standard InChI is InChI=1S/C16H26N2O/c1-4-8-15(17)11-16(19)18(5-2)12-14-10-7-6-9-13(14)3/h6-7,9-10,15H,4-5,8,11-12,17H2,1-3H3. The van der Waals surface area contributed by atoms with Crippen LogP contribution in [0.5, 0.6) is 0 Å². The van der Waals surface area contributed by atoms with E-state index >= 15 is 0 Å². The maximum absolute atomic E-state index is 12.2. The van der Waals surface area contributed by atoms with E-state index in [1.807, 2.05) is 24.0 Å². The average molecular weight is 262 g/mol. The Labute approximate surface area is 116 Å². The molecule has 1 rings (SSSR count). The number of hydrogen-bond acceptors (Lipinski definition) is 2. The predicted molar refractivity (Wildman–Crippen MR) is 79.8 cm³/mol. The second-order valence-electron chi connectivity index (χ2n) is 5.09. The number of hydrogen-bond donors (Lipinski definition) is 1. The van der Waals surface area contributed by atoms with Crippen molar-refractivity contribution in [3.8, 4) is 0 Å². The van der Waals surface area contributed by atoms with Crippen LogP contribution in [0.15, 0.2) is 24.3 Å². The summed E-state index contributed by atoms with van der Waals surface area (Å²) in [7, 11) is 0. The monoisotopic (exact) mass is 262 g/mol. The van der Waals surface area contributed by atoms with Gasteiger partial charge in [0.1, 0.15) is 0 Å². The van der Waals surface area contributed by atoms with Crippen molar-refractivity contribution in [2.24, 2.45) is 5.73 Å². The van der Waals surface area contributed by atoms with Gasteiger partial charge in [-0.3, -0.25) is 4.79 Å². The van der Waals surface area contributed by atoms with Crippen LogP contribution in [-0.4, -0.2) is 23.4 Å². The van der Waals surface area contributed by atoms with Crippen molar-refractivity contribution in [3.63, 3.8) is 0 Å². The number of rotatable bonds is 7. The normalized spacial score (nSPS) is 12.2. The minimum atomic E-state index is -0.0107. The molecule has 0 saturated heterocycles. The number of benzene rings is 1. The van der Waals surface area contributed by atoms with E-state index in [0.29, 0.717) is 13.0 Å². The summed E-state index contributed by atoms with van der Waals surface area (Å²) >= 11 is 0. The van der Waals surface area contributed by atoms with Gasteiger partial charge in [-0.05, 0) is 31.4 Å². The fourth-order valence-electron chi connectivity index (χ4n) is 2.20. The highest BCUT2D eigenvalue weighted by Gasteiger charge is 2.16. The SMILES string of the molecule is CCCC(N)CC(=O)N(CC)Cc1ccccc1C. The summed E-state index contributed by atoms with van der Waals surface area (Å²) in [6, 6.07) is 8.19. The first kappa shape index (κ1) is 15.7. The molecule has 0 aliphatic carbocycles. The van der Waals surface area contributed by atoms with Crippen LogP contribution in [0.25, 0.3) is 0 Å². The number of nitrogens with zero attached hydrogens (tertiary/aromatic N) is 1. The van der Waals surface area contributed by atoms with Crippen molar-refractivity contribution in [1.29, 1.82) is 0 Å². The lowest BCUT2D eigenvalue weighted by Gasteiger charge is -2.23. The Morgan fingerprint density at radius 3 is 2.58 bits per heavy atom. The Balaban J connectivity index is 2.63. The third-order valence-corrected chi connectivity index (χ3v) is 3.45. The van der Waals surface area contributed by atoms with E-state index in [1.165, 1.54) is 11.1 Å². The van der Waals surface area contributed by atoms with Gasteiger partial charge in [0.2, 0.25) is 5.91 Å². The Morgan fingerprint density at radius 2 is 2.00 bits per heavy atom. The Morgan fingerprint density at radius 1 is 1.32 bits per heavy atom. The topological polar surface area (TPSA) is 46.3 Å². The van der Waals surface area contributed by atoms with Crippen LogP contribution in [0.2, 0.25) is 0 Å². The Bertz CT molecular complexity index is 403. The van der Waals surface area contributed by atoms with Gasteiger partial charge in [-0.25, -0.2) is 0 Å². The fraction of sp³-hybridized carbons (Fsp3) is 0.562. The molecular formula is C16H26N2O. The summed E-state index contributed by atoms with van der Waals surface area (Å²) < 4.78 is 0. The molecule has 0 saturated carbocycles. The van der Waals surface area contributed by atoms with Crippen molar-refractivity contribution in [2.75, 3.05) is 6.54 Å². The number of carbonyl (C=O) groups is 1. The molecule has 19 heavy (non-hydrogen) atoms. The lowest BCUT2D eigenvalue weighted by Crippen LogP contribution is -2.35. The van der Waals surface area contributed by atoms with E-state index < -0.39 is 0 Å². The van der Waals surface area contributed by atoms with Crippen LogP contribution < -0.4 is 5.73 Å². The zero-order chi connectivity index (χ0) is 14.3. The van der Waals surface area contributed by atoms with Gasteiger partial charge in [0.25, 0.3) is 0 Å². The zero-order valence-electron chi connectivity index (χ0n) is 12.4. The molecule has 1 aromatic carbocycles. The number of aryl methyl sites for hydroxylation is 1. The second kappa shape index (κ2) is 7.95. The predicted octanol–water partition coefficient (Wildman–Crippen LogP) is 2.86. The molecule has 0 aliphatic heterocycles. The molecular weight excluding hydrogens is 236 g/mol. The first-order valence-corrected chi connectivity index (χ1v) is 7.16. The van der Waals surface area contributed by atoms with E-state index in [4.69, 9.17) is 5.73 Å². The molecule has 3 heteroatoms. The van der Waals surface area contributed by atoms with Crippen LogP contribution in [0, 0.1) is 6.92 Å². The van der Waals surface area contributed by atoms with Crippen LogP contribution >= 0.6 is 0 Å². The Kier molecular flexibility index (Phi) is 6.57. The third kappa shape index (κ3) is 5.03. The molecule has 1 aromatic rings. The maximum Gasteiger partial charge on any atom is 0.224 e. The summed E-state index contributed by atoms with van der Waals surface area (Å²) in [6.07, 6.45) is 2.39. The molecule has 1 unspecified atom stereocenters. The van der Waals surface area contributed by atoms with Crippen LogP contribution in [-0.2, 0) is 11.3 Å². The number of nitrogens with two attached hydrogens (primary N) is 1. The van der Waals surface area contributed by atoms with E-state index in [0.717, 1.165) is 19.4 Å². The molecule has 0 fully saturated rings. The van der Waals surface area contributed by atoms with Gasteiger partial charge < -0.3 is 10.6 Å². The molecule has 2 N–H and O–H groups in total. The Hall–Kier alpha value is -1.35. The molecule has 106 valence electrons. The minimum Gasteiger partial charge on any atom is -0.339 e. The zero-order valence-corrected chi connectivity index (χ0v) is 12.4. The molecule has 0 aliphatic rings. The molecule has 3 nitrogen and oxygen atoms in total. The highest BCUT2D eigenvalue weighted by atomic mass is 16.2. The number of amides is 1. The van der Waals surface area contributed by atoms with E-state index in [-0.39, 0.29) is 11.9 Å².